The lowest BCUT2D eigenvalue weighted by Gasteiger charge is -2.37. The molecular formula is C25H35N3O9. The summed E-state index contributed by atoms with van der Waals surface area (Å²) in [6.45, 7) is 7.60. The molecule has 37 heavy (non-hydrogen) atoms. The molecule has 0 radical (unpaired) electrons. The quantitative estimate of drug-likeness (QED) is 0.316. The van der Waals surface area contributed by atoms with Crippen LogP contribution < -0.4 is 10.6 Å². The Kier molecular flexibility index (Phi) is 9.62. The van der Waals surface area contributed by atoms with E-state index in [0.717, 1.165) is 7.11 Å². The van der Waals surface area contributed by atoms with Gasteiger partial charge in [0.2, 0.25) is 17.5 Å². The highest BCUT2D eigenvalue weighted by molar-refractivity contribution is 5.99. The molecule has 0 bridgehead atoms. The number of benzene rings is 1. The number of aliphatic hydroxyl groups is 1. The maximum absolute atomic E-state index is 13.4. The summed E-state index contributed by atoms with van der Waals surface area (Å²) >= 11 is 0. The van der Waals surface area contributed by atoms with Crippen LogP contribution in [0.15, 0.2) is 30.3 Å². The molecule has 12 heteroatoms. The van der Waals surface area contributed by atoms with Crippen LogP contribution in [0, 0.1) is 5.92 Å². The summed E-state index contributed by atoms with van der Waals surface area (Å²) in [5.74, 6) is -4.24. The molecule has 0 unspecified atom stereocenters. The number of rotatable bonds is 9. The molecule has 0 spiro atoms. The van der Waals surface area contributed by atoms with Gasteiger partial charge in [0, 0.05) is 6.42 Å². The second-order valence-electron chi connectivity index (χ2n) is 9.98. The normalized spacial score (nSPS) is 20.3. The van der Waals surface area contributed by atoms with Gasteiger partial charge in [-0.2, -0.15) is 0 Å². The van der Waals surface area contributed by atoms with Crippen LogP contribution >= 0.6 is 0 Å². The number of alkyl carbamates (subject to hydrolysis) is 1. The van der Waals surface area contributed by atoms with Crippen LogP contribution in [0.25, 0.3) is 0 Å². The minimum Gasteiger partial charge on any atom is -0.465 e. The zero-order chi connectivity index (χ0) is 28.0. The van der Waals surface area contributed by atoms with Crippen molar-refractivity contribution in [3.05, 3.63) is 35.9 Å². The van der Waals surface area contributed by atoms with E-state index in [9.17, 15) is 29.1 Å². The Labute approximate surface area is 215 Å². The third kappa shape index (κ3) is 7.66. The van der Waals surface area contributed by atoms with E-state index < -0.39 is 72.1 Å². The molecule has 3 N–H and O–H groups in total. The van der Waals surface area contributed by atoms with E-state index in [1.54, 1.807) is 65.0 Å². The van der Waals surface area contributed by atoms with Gasteiger partial charge < -0.3 is 30.0 Å². The fourth-order valence-electron chi connectivity index (χ4n) is 3.85. The third-order valence-electron chi connectivity index (χ3n) is 5.44. The summed E-state index contributed by atoms with van der Waals surface area (Å²) < 4.78 is 15.2. The molecule has 0 aliphatic carbocycles. The number of ether oxygens (including phenoxy) is 3. The average molecular weight is 522 g/mol. The van der Waals surface area contributed by atoms with E-state index in [1.807, 2.05) is 0 Å². The van der Waals surface area contributed by atoms with Crippen LogP contribution in [0.4, 0.5) is 4.79 Å². The maximum atomic E-state index is 13.4. The van der Waals surface area contributed by atoms with E-state index in [1.165, 1.54) is 0 Å². The summed E-state index contributed by atoms with van der Waals surface area (Å²) in [5.41, 5.74) is -2.61. The molecule has 3 amide bonds. The predicted molar refractivity (Wildman–Crippen MR) is 129 cm³/mol. The minimum atomic E-state index is -2.54. The van der Waals surface area contributed by atoms with Crippen LogP contribution in [0.5, 0.6) is 0 Å². The summed E-state index contributed by atoms with van der Waals surface area (Å²) in [7, 11) is 1.03. The molecule has 0 saturated carbocycles. The van der Waals surface area contributed by atoms with Crippen LogP contribution in [0.1, 0.15) is 46.6 Å². The number of carbonyl (C=O) groups is 5. The van der Waals surface area contributed by atoms with E-state index in [4.69, 9.17) is 14.2 Å². The zero-order valence-electron chi connectivity index (χ0n) is 21.9. The first-order chi connectivity index (χ1) is 17.2. The van der Waals surface area contributed by atoms with Gasteiger partial charge in [0.1, 0.15) is 30.8 Å². The largest absolute Gasteiger partial charge is 0.465 e. The van der Waals surface area contributed by atoms with Gasteiger partial charge in [-0.05, 0) is 32.3 Å². The van der Waals surface area contributed by atoms with Gasteiger partial charge in [-0.1, -0.05) is 44.2 Å². The number of carbonyl (C=O) groups excluding carboxylic acids is 5. The van der Waals surface area contributed by atoms with E-state index >= 15 is 0 Å². The number of methoxy groups -OCH3 is 1. The van der Waals surface area contributed by atoms with Gasteiger partial charge in [-0.3, -0.25) is 14.5 Å². The van der Waals surface area contributed by atoms with E-state index in [2.05, 4.69) is 10.6 Å². The predicted octanol–water partition coefficient (Wildman–Crippen LogP) is 0.858. The van der Waals surface area contributed by atoms with Crippen LogP contribution in [-0.2, 0) is 40.0 Å². The maximum Gasteiger partial charge on any atom is 0.408 e. The van der Waals surface area contributed by atoms with Crippen molar-refractivity contribution < 1.29 is 43.3 Å². The lowest BCUT2D eigenvalue weighted by atomic mass is 10.00. The van der Waals surface area contributed by atoms with Crippen molar-refractivity contribution in [2.24, 2.45) is 5.92 Å². The monoisotopic (exact) mass is 521 g/mol. The highest BCUT2D eigenvalue weighted by Gasteiger charge is 2.60. The SMILES string of the molecule is COC(=O)[C@@]1(O)C[C@H](NC(=O)CNC(=O)OC(C)(C)C)C(=O)N1[C@H](C(=O)OCc1ccccc1)C(C)C. The number of hydrogen-bond acceptors (Lipinski definition) is 9. The fraction of sp³-hybridized carbons (Fsp3) is 0.560. The minimum absolute atomic E-state index is 0.0852. The van der Waals surface area contributed by atoms with Gasteiger partial charge in [0.05, 0.1) is 7.11 Å². The first-order valence-corrected chi connectivity index (χ1v) is 11.8. The summed E-state index contributed by atoms with van der Waals surface area (Å²) in [4.78, 5) is 64.0. The highest BCUT2D eigenvalue weighted by Crippen LogP contribution is 2.34. The van der Waals surface area contributed by atoms with Crippen molar-refractivity contribution in [3.63, 3.8) is 0 Å². The second kappa shape index (κ2) is 12.0. The van der Waals surface area contributed by atoms with Crippen molar-refractivity contribution in [1.82, 2.24) is 15.5 Å². The Morgan fingerprint density at radius 3 is 2.32 bits per heavy atom. The first-order valence-electron chi connectivity index (χ1n) is 11.8. The van der Waals surface area contributed by atoms with Crippen molar-refractivity contribution >= 4 is 29.8 Å². The Morgan fingerprint density at radius 1 is 1.16 bits per heavy atom. The lowest BCUT2D eigenvalue weighted by Crippen LogP contribution is -2.60. The average Bonchev–Trinajstić information content (AvgIpc) is 3.06. The van der Waals surface area contributed by atoms with Crippen molar-refractivity contribution in [2.75, 3.05) is 13.7 Å². The highest BCUT2D eigenvalue weighted by atomic mass is 16.6. The van der Waals surface area contributed by atoms with E-state index in [0.29, 0.717) is 10.5 Å². The van der Waals surface area contributed by atoms with Crippen molar-refractivity contribution in [3.8, 4) is 0 Å². The number of likely N-dealkylation sites (tertiary alicyclic amines) is 1. The van der Waals surface area contributed by atoms with Crippen LogP contribution in [0.3, 0.4) is 0 Å². The molecule has 1 aromatic rings. The number of amides is 3. The van der Waals surface area contributed by atoms with Gasteiger partial charge in [-0.25, -0.2) is 14.4 Å². The molecule has 1 aliphatic rings. The second-order valence-corrected chi connectivity index (χ2v) is 9.98. The number of nitrogens with zero attached hydrogens (tertiary/aromatic N) is 1. The van der Waals surface area contributed by atoms with E-state index in [-0.39, 0.29) is 6.61 Å². The topological polar surface area (TPSA) is 161 Å². The van der Waals surface area contributed by atoms with Crippen molar-refractivity contribution in [1.29, 1.82) is 0 Å². The van der Waals surface area contributed by atoms with Crippen molar-refractivity contribution in [2.45, 2.75) is 71.1 Å². The van der Waals surface area contributed by atoms with Crippen LogP contribution in [-0.4, -0.2) is 76.9 Å². The molecule has 1 saturated heterocycles. The van der Waals surface area contributed by atoms with Gasteiger partial charge in [0.25, 0.3) is 0 Å². The van der Waals surface area contributed by atoms with Gasteiger partial charge in [0.15, 0.2) is 0 Å². The third-order valence-corrected chi connectivity index (χ3v) is 5.44. The molecular weight excluding hydrogens is 486 g/mol. The molecule has 0 aromatic heterocycles. The Morgan fingerprint density at radius 2 is 1.78 bits per heavy atom. The zero-order valence-corrected chi connectivity index (χ0v) is 21.9. The molecule has 1 fully saturated rings. The number of esters is 2. The molecule has 2 rings (SSSR count). The Hall–Kier alpha value is -3.67. The van der Waals surface area contributed by atoms with Gasteiger partial charge >= 0.3 is 18.0 Å². The lowest BCUT2D eigenvalue weighted by molar-refractivity contribution is -0.194. The number of nitrogens with one attached hydrogen (secondary N) is 2. The Balaban J connectivity index is 2.20. The fourth-order valence-corrected chi connectivity index (χ4v) is 3.85. The first kappa shape index (κ1) is 29.6. The molecule has 204 valence electrons. The molecule has 1 aromatic carbocycles. The summed E-state index contributed by atoms with van der Waals surface area (Å²) in [6, 6.07) is 6.12. The Bertz CT molecular complexity index is 1010. The van der Waals surface area contributed by atoms with Gasteiger partial charge in [-0.15, -0.1) is 0 Å². The molecule has 3 atom stereocenters. The summed E-state index contributed by atoms with van der Waals surface area (Å²) in [6.07, 6.45) is -1.42. The molecule has 12 nitrogen and oxygen atoms in total. The standard InChI is InChI=1S/C25H35N3O9/c1-15(2)19(21(31)36-14-16-10-8-7-9-11-16)28-20(30)17(12-25(28,34)22(32)35-6)27-18(29)13-26-23(33)37-24(3,4)5/h7-11,15,17,19,34H,12-14H2,1-6H3,(H,26,33)(H,27,29)/t17-,19-,25-/m0/s1. The summed E-state index contributed by atoms with van der Waals surface area (Å²) in [5, 5.41) is 15.9. The molecule has 1 heterocycles. The number of hydrogen-bond donors (Lipinski definition) is 3. The van der Waals surface area contributed by atoms with Crippen LogP contribution in [0.2, 0.25) is 0 Å². The molecule has 1 aliphatic heterocycles. The smallest absolute Gasteiger partial charge is 0.408 e.